The third kappa shape index (κ3) is 2.76. The van der Waals surface area contributed by atoms with Crippen LogP contribution in [-0.2, 0) is 0 Å². The van der Waals surface area contributed by atoms with Crippen molar-refractivity contribution in [2.75, 3.05) is 0 Å². The molecule has 0 atom stereocenters. The molecule has 2 rings (SSSR count). The lowest BCUT2D eigenvalue weighted by Crippen LogP contribution is -2.08. The minimum Gasteiger partial charge on any atom is -0.288 e. The molecule has 0 radical (unpaired) electrons. The fourth-order valence-electron chi connectivity index (χ4n) is 1.59. The number of ketones is 1. The van der Waals surface area contributed by atoms with E-state index in [4.69, 9.17) is 11.6 Å². The molecule has 0 amide bonds. The summed E-state index contributed by atoms with van der Waals surface area (Å²) >= 11 is 5.55. The first-order valence-corrected chi connectivity index (χ1v) is 5.41. The van der Waals surface area contributed by atoms with E-state index in [0.717, 1.165) is 18.2 Å². The topological polar surface area (TPSA) is 17.1 Å². The van der Waals surface area contributed by atoms with Crippen LogP contribution >= 0.6 is 11.6 Å². The molecule has 0 aliphatic rings. The molecule has 1 nitrogen and oxygen atoms in total. The second kappa shape index (κ2) is 5.01. The van der Waals surface area contributed by atoms with Crippen LogP contribution in [0.5, 0.6) is 0 Å². The van der Waals surface area contributed by atoms with Gasteiger partial charge in [0.25, 0.3) is 0 Å². The predicted molar refractivity (Wildman–Crippen MR) is 61.2 cm³/mol. The molecule has 0 aromatic heterocycles. The molecule has 0 bridgehead atoms. The molecule has 0 N–H and O–H groups in total. The van der Waals surface area contributed by atoms with E-state index in [-0.39, 0.29) is 10.6 Å². The van der Waals surface area contributed by atoms with Gasteiger partial charge in [-0.3, -0.25) is 4.79 Å². The first kappa shape index (κ1) is 13.5. The smallest absolute Gasteiger partial charge is 0.199 e. The van der Waals surface area contributed by atoms with Crippen molar-refractivity contribution in [3.63, 3.8) is 0 Å². The molecule has 0 saturated carbocycles. The Balaban J connectivity index is 2.56. The number of carbonyl (C=O) groups is 1. The van der Waals surface area contributed by atoms with Gasteiger partial charge in [0.15, 0.2) is 5.78 Å². The van der Waals surface area contributed by atoms with Gasteiger partial charge in [0.05, 0.1) is 5.56 Å². The molecule has 0 saturated heterocycles. The van der Waals surface area contributed by atoms with Gasteiger partial charge in [0.2, 0.25) is 0 Å². The number of hydrogen-bond donors (Lipinski definition) is 0. The highest BCUT2D eigenvalue weighted by Gasteiger charge is 2.21. The summed E-state index contributed by atoms with van der Waals surface area (Å²) in [4.78, 5) is 11.9. The molecule has 2 aromatic rings. The maximum absolute atomic E-state index is 13.4. The number of rotatable bonds is 2. The number of halogens is 5. The van der Waals surface area contributed by atoms with Gasteiger partial charge in [0, 0.05) is 22.7 Å². The highest BCUT2D eigenvalue weighted by atomic mass is 35.5. The van der Waals surface area contributed by atoms with Gasteiger partial charge in [-0.2, -0.15) is 0 Å². The van der Waals surface area contributed by atoms with Crippen LogP contribution in [0.1, 0.15) is 15.9 Å². The molecule has 0 spiro atoms. The van der Waals surface area contributed by atoms with Crippen molar-refractivity contribution >= 4 is 17.4 Å². The van der Waals surface area contributed by atoms with Gasteiger partial charge < -0.3 is 0 Å². The van der Waals surface area contributed by atoms with E-state index in [0.29, 0.717) is 12.1 Å². The van der Waals surface area contributed by atoms with Crippen LogP contribution in [0.15, 0.2) is 30.3 Å². The molecule has 98 valence electrons. The number of carbonyl (C=O) groups excluding carboxylic acids is 1. The van der Waals surface area contributed by atoms with E-state index in [9.17, 15) is 22.4 Å². The van der Waals surface area contributed by atoms with Crippen molar-refractivity contribution in [3.05, 3.63) is 69.8 Å². The van der Waals surface area contributed by atoms with Gasteiger partial charge in [0.1, 0.15) is 23.3 Å². The number of benzene rings is 2. The quantitative estimate of drug-likeness (QED) is 0.600. The van der Waals surface area contributed by atoms with Crippen LogP contribution in [0.2, 0.25) is 5.02 Å². The summed E-state index contributed by atoms with van der Waals surface area (Å²) in [5.74, 6) is -5.80. The Morgan fingerprint density at radius 1 is 0.842 bits per heavy atom. The SMILES string of the molecule is O=C(c1cc(F)cc(Cl)c1)c1c(F)cc(F)cc1F. The third-order valence-corrected chi connectivity index (χ3v) is 2.58. The average molecular weight is 289 g/mol. The Hall–Kier alpha value is -1.88. The molecule has 0 fully saturated rings. The summed E-state index contributed by atoms with van der Waals surface area (Å²) in [7, 11) is 0. The summed E-state index contributed by atoms with van der Waals surface area (Å²) in [5.41, 5.74) is -1.28. The molecule has 6 heteroatoms. The summed E-state index contributed by atoms with van der Waals surface area (Å²) in [5, 5.41) is -0.0914. The summed E-state index contributed by atoms with van der Waals surface area (Å²) in [6.07, 6.45) is 0. The van der Waals surface area contributed by atoms with Gasteiger partial charge in [-0.15, -0.1) is 0 Å². The van der Waals surface area contributed by atoms with Crippen molar-refractivity contribution in [1.82, 2.24) is 0 Å². The molecular weight excluding hydrogens is 284 g/mol. The van der Waals surface area contributed by atoms with Crippen LogP contribution in [0, 0.1) is 23.3 Å². The first-order valence-electron chi connectivity index (χ1n) is 5.04. The van der Waals surface area contributed by atoms with E-state index in [1.807, 2.05) is 0 Å². The Morgan fingerprint density at radius 2 is 1.37 bits per heavy atom. The molecule has 0 heterocycles. The van der Waals surface area contributed by atoms with E-state index in [2.05, 4.69) is 0 Å². The fourth-order valence-corrected chi connectivity index (χ4v) is 1.81. The van der Waals surface area contributed by atoms with Crippen molar-refractivity contribution in [2.24, 2.45) is 0 Å². The van der Waals surface area contributed by atoms with Crippen LogP contribution in [0.4, 0.5) is 17.6 Å². The van der Waals surface area contributed by atoms with E-state index in [1.54, 1.807) is 0 Å². The lowest BCUT2D eigenvalue weighted by Gasteiger charge is -2.05. The van der Waals surface area contributed by atoms with Crippen LogP contribution < -0.4 is 0 Å². The molecular formula is C13H5ClF4O. The second-order valence-electron chi connectivity index (χ2n) is 3.73. The summed E-state index contributed by atoms with van der Waals surface area (Å²) in [6, 6.07) is 3.54. The Kier molecular flexibility index (Phi) is 3.57. The monoisotopic (exact) mass is 288 g/mol. The Bertz CT molecular complexity index is 626. The minimum atomic E-state index is -1.36. The molecule has 0 aliphatic heterocycles. The van der Waals surface area contributed by atoms with E-state index in [1.165, 1.54) is 0 Å². The zero-order valence-electron chi connectivity index (χ0n) is 9.18. The van der Waals surface area contributed by atoms with Gasteiger partial charge >= 0.3 is 0 Å². The number of hydrogen-bond acceptors (Lipinski definition) is 1. The summed E-state index contributed by atoms with van der Waals surface area (Å²) < 4.78 is 52.7. The van der Waals surface area contributed by atoms with Crippen molar-refractivity contribution in [1.29, 1.82) is 0 Å². The first-order chi connectivity index (χ1) is 8.88. The standard InChI is InChI=1S/C13H5ClF4O/c14-7-1-6(2-8(15)3-7)13(19)12-10(17)4-9(16)5-11(12)18/h1-5H. The Labute approximate surface area is 110 Å². The maximum atomic E-state index is 13.4. The van der Waals surface area contributed by atoms with Crippen molar-refractivity contribution in [3.8, 4) is 0 Å². The fraction of sp³-hybridized carbons (Fsp3) is 0. The van der Waals surface area contributed by atoms with Gasteiger partial charge in [-0.1, -0.05) is 11.6 Å². The molecule has 0 aliphatic carbocycles. The zero-order valence-corrected chi connectivity index (χ0v) is 9.94. The predicted octanol–water partition coefficient (Wildman–Crippen LogP) is 4.13. The van der Waals surface area contributed by atoms with Crippen LogP contribution in [0.25, 0.3) is 0 Å². The summed E-state index contributed by atoms with van der Waals surface area (Å²) in [6.45, 7) is 0. The third-order valence-electron chi connectivity index (χ3n) is 2.36. The maximum Gasteiger partial charge on any atom is 0.199 e. The van der Waals surface area contributed by atoms with E-state index < -0.39 is 34.6 Å². The normalized spacial score (nSPS) is 10.6. The highest BCUT2D eigenvalue weighted by molar-refractivity contribution is 6.31. The second-order valence-corrected chi connectivity index (χ2v) is 4.17. The Morgan fingerprint density at radius 3 is 1.89 bits per heavy atom. The molecule has 19 heavy (non-hydrogen) atoms. The van der Waals surface area contributed by atoms with Crippen LogP contribution in [0.3, 0.4) is 0 Å². The van der Waals surface area contributed by atoms with Crippen molar-refractivity contribution < 1.29 is 22.4 Å². The van der Waals surface area contributed by atoms with Gasteiger partial charge in [-0.05, 0) is 18.2 Å². The average Bonchev–Trinajstić information content (AvgIpc) is 2.25. The minimum absolute atomic E-state index is 0.0914. The zero-order chi connectivity index (χ0) is 14.2. The van der Waals surface area contributed by atoms with Crippen LogP contribution in [-0.4, -0.2) is 5.78 Å². The highest BCUT2D eigenvalue weighted by Crippen LogP contribution is 2.21. The molecule has 2 aromatic carbocycles. The van der Waals surface area contributed by atoms with Crippen molar-refractivity contribution in [2.45, 2.75) is 0 Å². The van der Waals surface area contributed by atoms with E-state index >= 15 is 0 Å². The largest absolute Gasteiger partial charge is 0.288 e. The van der Waals surface area contributed by atoms with Gasteiger partial charge in [-0.25, -0.2) is 17.6 Å². The molecule has 0 unspecified atom stereocenters. The lowest BCUT2D eigenvalue weighted by atomic mass is 10.0. The lowest BCUT2D eigenvalue weighted by molar-refractivity contribution is 0.103.